The molecule has 1 saturated heterocycles. The van der Waals surface area contributed by atoms with Crippen LogP contribution in [0.2, 0.25) is 0 Å². The van der Waals surface area contributed by atoms with E-state index < -0.39 is 12.0 Å². The summed E-state index contributed by atoms with van der Waals surface area (Å²) in [6, 6.07) is 10.1. The Labute approximate surface area is 201 Å². The summed E-state index contributed by atoms with van der Waals surface area (Å²) >= 11 is 0. The van der Waals surface area contributed by atoms with Gasteiger partial charge in [0.2, 0.25) is 5.95 Å². The fourth-order valence-corrected chi connectivity index (χ4v) is 5.54. The number of fused-ring (bicyclic) bond motifs is 3. The molecule has 35 heavy (non-hydrogen) atoms. The zero-order valence-electron chi connectivity index (χ0n) is 19.6. The lowest BCUT2D eigenvalue weighted by Gasteiger charge is -2.33. The predicted molar refractivity (Wildman–Crippen MR) is 130 cm³/mol. The number of benzene rings is 1. The normalized spacial score (nSPS) is 15.8. The minimum absolute atomic E-state index is 0.0566. The second-order valence-electron chi connectivity index (χ2n) is 9.17. The molecule has 178 valence electrons. The van der Waals surface area contributed by atoms with Crippen LogP contribution < -0.4 is 0 Å². The van der Waals surface area contributed by atoms with Crippen molar-refractivity contribution in [1.29, 1.82) is 0 Å². The average molecular weight is 474 g/mol. The molecule has 0 spiro atoms. The molecule has 1 aliphatic heterocycles. The van der Waals surface area contributed by atoms with Crippen molar-refractivity contribution in [2.45, 2.75) is 25.8 Å². The fourth-order valence-electron chi connectivity index (χ4n) is 5.54. The third-order valence-corrected chi connectivity index (χ3v) is 7.11. The van der Waals surface area contributed by atoms with E-state index in [1.807, 2.05) is 35.2 Å². The van der Waals surface area contributed by atoms with E-state index in [1.165, 1.54) is 12.3 Å². The zero-order chi connectivity index (χ0) is 24.1. The molecule has 0 saturated carbocycles. The Kier molecular flexibility index (Phi) is 5.33. The molecule has 5 aromatic rings. The lowest BCUT2D eigenvalue weighted by molar-refractivity contribution is 0.0548. The largest absolute Gasteiger partial charge is 0.381 e. The lowest BCUT2D eigenvalue weighted by atomic mass is 9.86. The van der Waals surface area contributed by atoms with Crippen LogP contribution in [-0.4, -0.2) is 37.3 Å². The zero-order valence-corrected chi connectivity index (χ0v) is 19.6. The van der Waals surface area contributed by atoms with Crippen LogP contribution in [0.1, 0.15) is 30.1 Å². The number of ether oxygens (including phenoxy) is 1. The fraction of sp³-hybridized carbons (Fsp3) is 0.296. The lowest BCUT2D eigenvalue weighted by Crippen LogP contribution is -2.27. The van der Waals surface area contributed by atoms with Crippen molar-refractivity contribution >= 4 is 21.9 Å². The monoisotopic (exact) mass is 473 g/mol. The van der Waals surface area contributed by atoms with Crippen LogP contribution >= 0.6 is 0 Å². The maximum Gasteiger partial charge on any atom is 0.237 e. The minimum Gasteiger partial charge on any atom is -0.381 e. The standard InChI is InChI=1S/C27H25F2N5O/c1-16-24(33(2)15-32-16)18-13-22-23(31-14-18)20-7-10-30-27(29)26(20)34(22)25(17-8-11-35-12-9-17)19-5-3-4-6-21(19)28/h3-7,10,13-15,17,25H,8-9,11-12H2,1-2H3/t25-/m0/s1. The molecule has 8 heteroatoms. The second-order valence-corrected chi connectivity index (χ2v) is 9.17. The summed E-state index contributed by atoms with van der Waals surface area (Å²) in [5, 5.41) is 0.661. The Balaban J connectivity index is 1.70. The highest BCUT2D eigenvalue weighted by Crippen LogP contribution is 2.42. The molecule has 1 fully saturated rings. The molecule has 4 aromatic heterocycles. The molecule has 6 rings (SSSR count). The molecule has 6 nitrogen and oxygen atoms in total. The van der Waals surface area contributed by atoms with Crippen LogP contribution in [0.25, 0.3) is 33.2 Å². The van der Waals surface area contributed by atoms with Gasteiger partial charge >= 0.3 is 0 Å². The number of rotatable bonds is 4. The highest BCUT2D eigenvalue weighted by Gasteiger charge is 2.33. The molecule has 0 unspecified atom stereocenters. The average Bonchev–Trinajstić information content (AvgIpc) is 3.38. The number of aromatic nitrogens is 5. The smallest absolute Gasteiger partial charge is 0.237 e. The number of nitrogens with zero attached hydrogens (tertiary/aromatic N) is 5. The van der Waals surface area contributed by atoms with Gasteiger partial charge in [-0.1, -0.05) is 18.2 Å². The first-order valence-corrected chi connectivity index (χ1v) is 11.8. The van der Waals surface area contributed by atoms with Gasteiger partial charge in [0, 0.05) is 49.2 Å². The summed E-state index contributed by atoms with van der Waals surface area (Å²) in [7, 11) is 1.93. The van der Waals surface area contributed by atoms with Crippen molar-refractivity contribution in [3.63, 3.8) is 0 Å². The van der Waals surface area contributed by atoms with Gasteiger partial charge in [-0.25, -0.2) is 14.4 Å². The van der Waals surface area contributed by atoms with Crippen molar-refractivity contribution < 1.29 is 13.5 Å². The third-order valence-electron chi connectivity index (χ3n) is 7.11. The molecule has 0 aliphatic carbocycles. The van der Waals surface area contributed by atoms with Crippen molar-refractivity contribution in [2.24, 2.45) is 13.0 Å². The SMILES string of the molecule is Cc1ncn(C)c1-c1cnc2c3ccnc(F)c3n([C@H](c3ccccc3F)C3CCOCC3)c2c1. The molecule has 1 aromatic carbocycles. The van der Waals surface area contributed by atoms with Crippen molar-refractivity contribution in [3.05, 3.63) is 78.1 Å². The summed E-state index contributed by atoms with van der Waals surface area (Å²) in [4.78, 5) is 13.2. The van der Waals surface area contributed by atoms with Gasteiger partial charge in [-0.3, -0.25) is 4.98 Å². The maximum absolute atomic E-state index is 15.4. The molecule has 0 bridgehead atoms. The summed E-state index contributed by atoms with van der Waals surface area (Å²) in [5.41, 5.74) is 4.95. The molecular formula is C27H25F2N5O. The highest BCUT2D eigenvalue weighted by molar-refractivity contribution is 6.06. The van der Waals surface area contributed by atoms with Gasteiger partial charge in [0.1, 0.15) is 11.3 Å². The van der Waals surface area contributed by atoms with Crippen molar-refractivity contribution in [3.8, 4) is 11.3 Å². The molecule has 1 atom stereocenters. The molecule has 0 amide bonds. The highest BCUT2D eigenvalue weighted by atomic mass is 19.1. The van der Waals surface area contributed by atoms with Crippen LogP contribution in [0, 0.1) is 24.6 Å². The Bertz CT molecular complexity index is 1530. The van der Waals surface area contributed by atoms with E-state index in [9.17, 15) is 0 Å². The van der Waals surface area contributed by atoms with Gasteiger partial charge < -0.3 is 13.9 Å². The first kappa shape index (κ1) is 21.9. The van der Waals surface area contributed by atoms with Crippen LogP contribution in [-0.2, 0) is 11.8 Å². The summed E-state index contributed by atoms with van der Waals surface area (Å²) < 4.78 is 40.2. The van der Waals surface area contributed by atoms with Gasteiger partial charge in [0.15, 0.2) is 0 Å². The number of hydrogen-bond donors (Lipinski definition) is 0. The predicted octanol–water partition coefficient (Wildman–Crippen LogP) is 5.59. The number of imidazole rings is 1. The molecule has 0 radical (unpaired) electrons. The Morgan fingerprint density at radius 1 is 1.06 bits per heavy atom. The van der Waals surface area contributed by atoms with Crippen LogP contribution in [0.3, 0.4) is 0 Å². The third kappa shape index (κ3) is 3.51. The number of aryl methyl sites for hydroxylation is 2. The topological polar surface area (TPSA) is 57.8 Å². The van der Waals surface area contributed by atoms with E-state index in [0.717, 1.165) is 35.3 Å². The van der Waals surface area contributed by atoms with E-state index in [-0.39, 0.29) is 11.7 Å². The number of pyridine rings is 2. The van der Waals surface area contributed by atoms with E-state index in [1.54, 1.807) is 30.7 Å². The van der Waals surface area contributed by atoms with Gasteiger partial charge in [0.25, 0.3) is 0 Å². The van der Waals surface area contributed by atoms with Crippen LogP contribution in [0.5, 0.6) is 0 Å². The van der Waals surface area contributed by atoms with Gasteiger partial charge in [-0.2, -0.15) is 4.39 Å². The molecule has 1 aliphatic rings. The van der Waals surface area contributed by atoms with Crippen molar-refractivity contribution in [2.75, 3.05) is 13.2 Å². The van der Waals surface area contributed by atoms with E-state index in [2.05, 4.69) is 9.97 Å². The van der Waals surface area contributed by atoms with Crippen LogP contribution in [0.4, 0.5) is 8.78 Å². The van der Waals surface area contributed by atoms with Crippen LogP contribution in [0.15, 0.2) is 55.1 Å². The molecule has 5 heterocycles. The maximum atomic E-state index is 15.4. The Morgan fingerprint density at radius 3 is 2.60 bits per heavy atom. The van der Waals surface area contributed by atoms with Gasteiger partial charge in [-0.15, -0.1) is 0 Å². The molecular weight excluding hydrogens is 448 g/mol. The Morgan fingerprint density at radius 2 is 1.86 bits per heavy atom. The van der Waals surface area contributed by atoms with Crippen molar-refractivity contribution in [1.82, 2.24) is 24.1 Å². The Hall–Kier alpha value is -3.65. The number of halogens is 2. The van der Waals surface area contributed by atoms with Gasteiger partial charge in [0.05, 0.1) is 34.8 Å². The van der Waals surface area contributed by atoms with E-state index >= 15 is 8.78 Å². The minimum atomic E-state index is -0.591. The quantitative estimate of drug-likeness (QED) is 0.320. The number of hydrogen-bond acceptors (Lipinski definition) is 4. The van der Waals surface area contributed by atoms with E-state index in [0.29, 0.717) is 35.2 Å². The summed E-state index contributed by atoms with van der Waals surface area (Å²) in [5.74, 6) is -0.844. The second kappa shape index (κ2) is 8.53. The summed E-state index contributed by atoms with van der Waals surface area (Å²) in [6.07, 6.45) is 6.50. The summed E-state index contributed by atoms with van der Waals surface area (Å²) in [6.45, 7) is 3.12. The van der Waals surface area contributed by atoms with Gasteiger partial charge in [-0.05, 0) is 43.9 Å². The first-order chi connectivity index (χ1) is 17.0. The molecule has 0 N–H and O–H groups in total. The van der Waals surface area contributed by atoms with E-state index in [4.69, 9.17) is 9.72 Å². The first-order valence-electron chi connectivity index (χ1n) is 11.8.